The number of nitrogens with zero attached hydrogens (tertiary/aromatic N) is 4. The molecular formula is C19H17FN4O. The van der Waals surface area contributed by atoms with Crippen LogP contribution in [0.5, 0.6) is 0 Å². The molecule has 0 saturated carbocycles. The van der Waals surface area contributed by atoms with Gasteiger partial charge >= 0.3 is 0 Å². The van der Waals surface area contributed by atoms with Crippen molar-refractivity contribution in [2.75, 3.05) is 11.9 Å². The van der Waals surface area contributed by atoms with Gasteiger partial charge in [-0.2, -0.15) is 4.39 Å². The van der Waals surface area contributed by atoms with Crippen molar-refractivity contribution in [3.63, 3.8) is 0 Å². The van der Waals surface area contributed by atoms with Crippen molar-refractivity contribution in [1.29, 1.82) is 0 Å². The topological polar surface area (TPSA) is 51.0 Å². The molecule has 0 N–H and O–H groups in total. The Bertz CT molecular complexity index is 993. The molecule has 3 heterocycles. The molecule has 5 nitrogen and oxygen atoms in total. The van der Waals surface area contributed by atoms with E-state index in [0.717, 1.165) is 22.5 Å². The van der Waals surface area contributed by atoms with Gasteiger partial charge in [0.25, 0.3) is 0 Å². The zero-order valence-electron chi connectivity index (χ0n) is 14.2. The predicted octanol–water partition coefficient (Wildman–Crippen LogP) is 3.33. The summed E-state index contributed by atoms with van der Waals surface area (Å²) in [5, 5.41) is 0. The fourth-order valence-electron chi connectivity index (χ4n) is 3.31. The molecule has 1 amide bonds. The maximum Gasteiger partial charge on any atom is 0.236 e. The summed E-state index contributed by atoms with van der Waals surface area (Å²) in [6, 6.07) is 8.99. The SMILES string of the molecule is CN1C(=O)C(C)(C)c2ccc(-c3cn(-c4ccnc(F)c4)cn3)cc21. The minimum Gasteiger partial charge on any atom is -0.314 e. The number of hydrogen-bond donors (Lipinski definition) is 0. The molecule has 6 heteroatoms. The molecule has 126 valence electrons. The Morgan fingerprint density at radius 3 is 2.68 bits per heavy atom. The van der Waals surface area contributed by atoms with Gasteiger partial charge in [-0.3, -0.25) is 4.79 Å². The Balaban J connectivity index is 1.74. The molecule has 0 atom stereocenters. The number of aromatic nitrogens is 3. The molecule has 4 rings (SSSR count). The lowest BCUT2D eigenvalue weighted by Gasteiger charge is -2.16. The summed E-state index contributed by atoms with van der Waals surface area (Å²) in [5.74, 6) is -0.454. The van der Waals surface area contributed by atoms with E-state index in [-0.39, 0.29) is 5.91 Å². The summed E-state index contributed by atoms with van der Waals surface area (Å²) < 4.78 is 15.0. The first-order valence-corrected chi connectivity index (χ1v) is 7.97. The number of imidazole rings is 1. The van der Waals surface area contributed by atoms with E-state index in [1.807, 2.05) is 38.2 Å². The van der Waals surface area contributed by atoms with E-state index in [9.17, 15) is 9.18 Å². The quantitative estimate of drug-likeness (QED) is 0.675. The van der Waals surface area contributed by atoms with Gasteiger partial charge in [-0.25, -0.2) is 9.97 Å². The normalized spacial score (nSPS) is 15.5. The van der Waals surface area contributed by atoms with Crippen LogP contribution in [0, 0.1) is 5.95 Å². The summed E-state index contributed by atoms with van der Waals surface area (Å²) in [4.78, 5) is 22.1. The van der Waals surface area contributed by atoms with Gasteiger partial charge in [0.2, 0.25) is 11.9 Å². The Kier molecular flexibility index (Phi) is 3.25. The molecule has 0 aliphatic carbocycles. The summed E-state index contributed by atoms with van der Waals surface area (Å²) in [6.07, 6.45) is 4.89. The van der Waals surface area contributed by atoms with Crippen molar-refractivity contribution < 1.29 is 9.18 Å². The summed E-state index contributed by atoms with van der Waals surface area (Å²) in [5.41, 5.74) is 3.71. The van der Waals surface area contributed by atoms with Gasteiger partial charge in [0.15, 0.2) is 0 Å². The monoisotopic (exact) mass is 336 g/mol. The summed E-state index contributed by atoms with van der Waals surface area (Å²) in [7, 11) is 1.79. The first kappa shape index (κ1) is 15.5. The third-order valence-electron chi connectivity index (χ3n) is 4.76. The minimum absolute atomic E-state index is 0.0810. The van der Waals surface area contributed by atoms with Gasteiger partial charge in [-0.15, -0.1) is 0 Å². The van der Waals surface area contributed by atoms with Gasteiger partial charge in [0.05, 0.1) is 23.1 Å². The van der Waals surface area contributed by atoms with Crippen molar-refractivity contribution >= 4 is 11.6 Å². The molecule has 0 radical (unpaired) electrons. The zero-order chi connectivity index (χ0) is 17.8. The van der Waals surface area contributed by atoms with Crippen molar-refractivity contribution in [3.8, 4) is 16.9 Å². The maximum absolute atomic E-state index is 13.3. The second-order valence-corrected chi connectivity index (χ2v) is 6.72. The lowest BCUT2D eigenvalue weighted by Crippen LogP contribution is -2.33. The number of hydrogen-bond acceptors (Lipinski definition) is 3. The highest BCUT2D eigenvalue weighted by Crippen LogP contribution is 2.42. The third-order valence-corrected chi connectivity index (χ3v) is 4.76. The van der Waals surface area contributed by atoms with Crippen molar-refractivity contribution in [3.05, 3.63) is 60.6 Å². The Hall–Kier alpha value is -3.02. The molecular weight excluding hydrogens is 319 g/mol. The standard InChI is InChI=1S/C19H17FN4O/c1-19(2)14-5-4-12(8-16(14)23(3)18(19)25)15-10-24(11-22-15)13-6-7-21-17(20)9-13/h4-11H,1-3H3. The highest BCUT2D eigenvalue weighted by atomic mass is 19.1. The van der Waals surface area contributed by atoms with Crippen LogP contribution < -0.4 is 4.90 Å². The van der Waals surface area contributed by atoms with E-state index in [1.165, 1.54) is 12.3 Å². The molecule has 1 aliphatic rings. The molecule has 0 spiro atoms. The van der Waals surface area contributed by atoms with E-state index < -0.39 is 11.4 Å². The molecule has 0 fully saturated rings. The van der Waals surface area contributed by atoms with E-state index in [0.29, 0.717) is 5.69 Å². The summed E-state index contributed by atoms with van der Waals surface area (Å²) in [6.45, 7) is 3.87. The van der Waals surface area contributed by atoms with Crippen LogP contribution >= 0.6 is 0 Å². The Labute approximate surface area is 144 Å². The van der Waals surface area contributed by atoms with Crippen LogP contribution in [-0.4, -0.2) is 27.5 Å². The highest BCUT2D eigenvalue weighted by molar-refractivity contribution is 6.07. The number of pyridine rings is 1. The molecule has 2 aromatic heterocycles. The molecule has 1 aromatic carbocycles. The van der Waals surface area contributed by atoms with Crippen LogP contribution in [-0.2, 0) is 10.2 Å². The number of rotatable bonds is 2. The third kappa shape index (κ3) is 2.33. The van der Waals surface area contributed by atoms with Crippen molar-refractivity contribution in [1.82, 2.24) is 14.5 Å². The van der Waals surface area contributed by atoms with Crippen LogP contribution in [0.15, 0.2) is 49.1 Å². The Morgan fingerprint density at radius 2 is 1.92 bits per heavy atom. The molecule has 25 heavy (non-hydrogen) atoms. The van der Waals surface area contributed by atoms with Crippen LogP contribution in [0.3, 0.4) is 0 Å². The first-order valence-electron chi connectivity index (χ1n) is 7.97. The number of amides is 1. The average Bonchev–Trinajstić information content (AvgIpc) is 3.15. The van der Waals surface area contributed by atoms with Crippen molar-refractivity contribution in [2.45, 2.75) is 19.3 Å². The molecule has 0 bridgehead atoms. The number of anilines is 1. The van der Waals surface area contributed by atoms with Crippen LogP contribution in [0.4, 0.5) is 10.1 Å². The smallest absolute Gasteiger partial charge is 0.236 e. The van der Waals surface area contributed by atoms with Gasteiger partial charge in [0, 0.05) is 36.8 Å². The van der Waals surface area contributed by atoms with E-state index in [1.54, 1.807) is 28.9 Å². The number of fused-ring (bicyclic) bond motifs is 1. The second-order valence-electron chi connectivity index (χ2n) is 6.72. The fourth-order valence-corrected chi connectivity index (χ4v) is 3.31. The predicted molar refractivity (Wildman–Crippen MR) is 93.2 cm³/mol. The highest BCUT2D eigenvalue weighted by Gasteiger charge is 2.42. The Morgan fingerprint density at radius 1 is 1.12 bits per heavy atom. The van der Waals surface area contributed by atoms with Crippen LogP contribution in [0.1, 0.15) is 19.4 Å². The van der Waals surface area contributed by atoms with Crippen LogP contribution in [0.2, 0.25) is 0 Å². The number of carbonyl (C=O) groups is 1. The minimum atomic E-state index is -0.535. The summed E-state index contributed by atoms with van der Waals surface area (Å²) >= 11 is 0. The number of halogens is 1. The maximum atomic E-state index is 13.3. The number of carbonyl (C=O) groups excluding carboxylic acids is 1. The van der Waals surface area contributed by atoms with Gasteiger partial charge in [0.1, 0.15) is 0 Å². The average molecular weight is 336 g/mol. The zero-order valence-corrected chi connectivity index (χ0v) is 14.2. The lowest BCUT2D eigenvalue weighted by molar-refractivity contribution is -0.121. The lowest BCUT2D eigenvalue weighted by atomic mass is 9.86. The van der Waals surface area contributed by atoms with Crippen LogP contribution in [0.25, 0.3) is 16.9 Å². The number of likely N-dealkylation sites (N-methyl/N-ethyl adjacent to an activating group) is 1. The largest absolute Gasteiger partial charge is 0.314 e. The molecule has 1 aliphatic heterocycles. The van der Waals surface area contributed by atoms with E-state index >= 15 is 0 Å². The van der Waals surface area contributed by atoms with Crippen molar-refractivity contribution in [2.24, 2.45) is 0 Å². The molecule has 3 aromatic rings. The fraction of sp³-hybridized carbons (Fsp3) is 0.211. The second kappa shape index (κ2) is 5.24. The molecule has 0 unspecified atom stereocenters. The van der Waals surface area contributed by atoms with E-state index in [2.05, 4.69) is 9.97 Å². The first-order chi connectivity index (χ1) is 11.9. The van der Waals surface area contributed by atoms with Gasteiger partial charge in [-0.05, 0) is 31.5 Å². The molecule has 0 saturated heterocycles. The van der Waals surface area contributed by atoms with Gasteiger partial charge in [-0.1, -0.05) is 12.1 Å². The van der Waals surface area contributed by atoms with E-state index in [4.69, 9.17) is 0 Å². The number of benzene rings is 1. The van der Waals surface area contributed by atoms with Gasteiger partial charge < -0.3 is 9.47 Å².